The number of ether oxygens (including phenoxy) is 1. The van der Waals surface area contributed by atoms with E-state index in [9.17, 15) is 29.4 Å². The van der Waals surface area contributed by atoms with Gasteiger partial charge in [0.05, 0.1) is 22.3 Å². The van der Waals surface area contributed by atoms with Gasteiger partial charge in [-0.1, -0.05) is 0 Å². The molecule has 6 aliphatic carbocycles. The summed E-state index contributed by atoms with van der Waals surface area (Å²) in [6.07, 6.45) is 5.79. The van der Waals surface area contributed by atoms with Crippen molar-refractivity contribution in [2.45, 2.75) is 51.4 Å². The first-order valence-corrected chi connectivity index (χ1v) is 9.59. The van der Waals surface area contributed by atoms with Gasteiger partial charge in [-0.05, 0) is 75.0 Å². The molecule has 0 radical (unpaired) electrons. The number of carboxylic acid groups (broad SMARTS) is 2. The number of aliphatic carboxylic acids is 2. The fraction of sp³-hybridized carbons (Fsp3) is 0.600. The Bertz CT molecular complexity index is 721. The van der Waals surface area contributed by atoms with Crippen molar-refractivity contribution in [2.75, 3.05) is 0 Å². The molecular formula is C20H22O7. The van der Waals surface area contributed by atoms with Crippen molar-refractivity contribution in [3.8, 4) is 0 Å². The van der Waals surface area contributed by atoms with Crippen LogP contribution in [0.2, 0.25) is 0 Å². The molecule has 0 saturated heterocycles. The zero-order chi connectivity index (χ0) is 19.3. The van der Waals surface area contributed by atoms with Gasteiger partial charge in [-0.2, -0.15) is 0 Å². The molecule has 0 aromatic rings. The van der Waals surface area contributed by atoms with Gasteiger partial charge in [0.2, 0.25) is 0 Å². The summed E-state index contributed by atoms with van der Waals surface area (Å²) in [6.45, 7) is 0. The van der Waals surface area contributed by atoms with Gasteiger partial charge in [-0.25, -0.2) is 19.2 Å². The van der Waals surface area contributed by atoms with Crippen LogP contribution < -0.4 is 0 Å². The summed E-state index contributed by atoms with van der Waals surface area (Å²) < 4.78 is 5.08. The quantitative estimate of drug-likeness (QED) is 0.573. The maximum absolute atomic E-state index is 12.7. The van der Waals surface area contributed by atoms with Gasteiger partial charge in [0.1, 0.15) is 0 Å². The third-order valence-corrected chi connectivity index (χ3v) is 6.75. The highest BCUT2D eigenvalue weighted by molar-refractivity contribution is 6.09. The third kappa shape index (κ3) is 2.89. The molecule has 4 bridgehead atoms. The van der Waals surface area contributed by atoms with Gasteiger partial charge < -0.3 is 14.9 Å². The molecule has 0 aromatic carbocycles. The normalized spacial score (nSPS) is 31.9. The van der Waals surface area contributed by atoms with Crippen LogP contribution in [0, 0.1) is 23.7 Å². The molecule has 0 heterocycles. The zero-order valence-corrected chi connectivity index (χ0v) is 14.9. The molecule has 0 unspecified atom stereocenters. The zero-order valence-electron chi connectivity index (χ0n) is 14.9. The standard InChI is InChI=1S/C20H22O7/c21-17(22)13-9-1-5-11(6-2-9)15(13)19(25)27-20(26)16-12-7-3-10(4-8-12)14(16)18(23)24/h9-12H,1-8H2,(H,21,22)(H,23,24). The smallest absolute Gasteiger partial charge is 0.342 e. The van der Waals surface area contributed by atoms with E-state index in [2.05, 4.69) is 0 Å². The summed E-state index contributed by atoms with van der Waals surface area (Å²) in [5, 5.41) is 19.1. The highest BCUT2D eigenvalue weighted by atomic mass is 16.6. The van der Waals surface area contributed by atoms with E-state index in [-0.39, 0.29) is 46.0 Å². The van der Waals surface area contributed by atoms with Crippen molar-refractivity contribution in [2.24, 2.45) is 23.7 Å². The van der Waals surface area contributed by atoms with Crippen molar-refractivity contribution in [1.29, 1.82) is 0 Å². The highest BCUT2D eigenvalue weighted by Gasteiger charge is 2.45. The van der Waals surface area contributed by atoms with E-state index in [1.807, 2.05) is 0 Å². The van der Waals surface area contributed by atoms with E-state index >= 15 is 0 Å². The molecule has 7 heteroatoms. The van der Waals surface area contributed by atoms with Crippen LogP contribution in [-0.2, 0) is 23.9 Å². The van der Waals surface area contributed by atoms with Crippen LogP contribution in [0.15, 0.2) is 22.3 Å². The summed E-state index contributed by atoms with van der Waals surface area (Å²) in [5.74, 6) is -4.84. The minimum atomic E-state index is -1.13. The van der Waals surface area contributed by atoms with Gasteiger partial charge in [-0.15, -0.1) is 0 Å². The van der Waals surface area contributed by atoms with Gasteiger partial charge in [0, 0.05) is 0 Å². The monoisotopic (exact) mass is 374 g/mol. The second-order valence-electron chi connectivity index (χ2n) is 8.04. The van der Waals surface area contributed by atoms with E-state index in [1.165, 1.54) is 0 Å². The van der Waals surface area contributed by atoms with E-state index in [0.29, 0.717) is 25.7 Å². The number of carbonyl (C=O) groups excluding carboxylic acids is 2. The second-order valence-corrected chi connectivity index (χ2v) is 8.04. The van der Waals surface area contributed by atoms with Crippen LogP contribution in [0.25, 0.3) is 0 Å². The Kier molecular flexibility index (Phi) is 4.40. The number of hydrogen-bond donors (Lipinski definition) is 2. The van der Waals surface area contributed by atoms with Crippen molar-refractivity contribution in [3.05, 3.63) is 22.3 Å². The molecule has 6 rings (SSSR count). The highest BCUT2D eigenvalue weighted by Crippen LogP contribution is 2.47. The Morgan fingerprint density at radius 1 is 0.556 bits per heavy atom. The first-order chi connectivity index (χ1) is 12.9. The number of carbonyl (C=O) groups is 4. The molecule has 7 nitrogen and oxygen atoms in total. The fourth-order valence-electron chi connectivity index (χ4n) is 5.55. The summed E-state index contributed by atoms with van der Waals surface area (Å²) >= 11 is 0. The lowest BCUT2D eigenvalue weighted by Crippen LogP contribution is -2.37. The molecule has 0 aromatic heterocycles. The molecular weight excluding hydrogens is 352 g/mol. The average Bonchev–Trinajstić information content (AvgIpc) is 2.67. The third-order valence-electron chi connectivity index (χ3n) is 6.75. The first kappa shape index (κ1) is 17.9. The van der Waals surface area contributed by atoms with Gasteiger partial charge in [0.25, 0.3) is 0 Å². The van der Waals surface area contributed by atoms with Gasteiger partial charge in [-0.3, -0.25) is 0 Å². The van der Waals surface area contributed by atoms with E-state index in [4.69, 9.17) is 4.74 Å². The van der Waals surface area contributed by atoms with Gasteiger partial charge >= 0.3 is 23.9 Å². The maximum atomic E-state index is 12.7. The molecule has 2 saturated carbocycles. The number of carboxylic acids is 2. The summed E-state index contributed by atoms with van der Waals surface area (Å²) in [5.41, 5.74) is 0.370. The largest absolute Gasteiger partial charge is 0.478 e. The molecule has 27 heavy (non-hydrogen) atoms. The van der Waals surface area contributed by atoms with Crippen molar-refractivity contribution in [3.63, 3.8) is 0 Å². The number of esters is 2. The van der Waals surface area contributed by atoms with Crippen LogP contribution in [0.1, 0.15) is 51.4 Å². The predicted octanol–water partition coefficient (Wildman–Crippen LogP) is 2.46. The van der Waals surface area contributed by atoms with Crippen molar-refractivity contribution in [1.82, 2.24) is 0 Å². The molecule has 0 aliphatic heterocycles. The fourth-order valence-corrected chi connectivity index (χ4v) is 5.55. The van der Waals surface area contributed by atoms with E-state index in [0.717, 1.165) is 25.7 Å². The Hall–Kier alpha value is -2.44. The Labute approximate surface area is 156 Å². The second kappa shape index (κ2) is 6.62. The molecule has 0 spiro atoms. The molecule has 2 N–H and O–H groups in total. The lowest BCUT2D eigenvalue weighted by molar-refractivity contribution is -0.156. The number of rotatable bonds is 4. The molecule has 0 atom stereocenters. The van der Waals surface area contributed by atoms with Crippen LogP contribution in [-0.4, -0.2) is 34.1 Å². The number of fused-ring (bicyclic) bond motifs is 4. The Morgan fingerprint density at radius 3 is 1.07 bits per heavy atom. The molecule has 0 amide bonds. The maximum Gasteiger partial charge on any atom is 0.342 e. The van der Waals surface area contributed by atoms with Crippen molar-refractivity contribution < 1.29 is 34.1 Å². The Balaban J connectivity index is 1.64. The SMILES string of the molecule is O=C(O)C1=C(C(=O)OC(=O)C2=C(C(=O)O)C3CCC2CC3)C2CCC1CC2. The predicted molar refractivity (Wildman–Crippen MR) is 91.3 cm³/mol. The molecule has 6 aliphatic rings. The van der Waals surface area contributed by atoms with Crippen molar-refractivity contribution >= 4 is 23.9 Å². The summed E-state index contributed by atoms with van der Waals surface area (Å²) in [6, 6.07) is 0. The molecule has 2 fully saturated rings. The van der Waals surface area contributed by atoms with E-state index in [1.54, 1.807) is 0 Å². The average molecular weight is 374 g/mol. The molecule has 144 valence electrons. The lowest BCUT2D eigenvalue weighted by Gasteiger charge is -2.38. The van der Waals surface area contributed by atoms with Crippen LogP contribution in [0.5, 0.6) is 0 Å². The Morgan fingerprint density at radius 2 is 0.815 bits per heavy atom. The lowest BCUT2D eigenvalue weighted by atomic mass is 9.66. The topological polar surface area (TPSA) is 118 Å². The van der Waals surface area contributed by atoms with Crippen LogP contribution >= 0.6 is 0 Å². The van der Waals surface area contributed by atoms with Crippen LogP contribution in [0.4, 0.5) is 0 Å². The van der Waals surface area contributed by atoms with Crippen LogP contribution in [0.3, 0.4) is 0 Å². The van der Waals surface area contributed by atoms with E-state index < -0.39 is 23.9 Å². The summed E-state index contributed by atoms with van der Waals surface area (Å²) in [4.78, 5) is 48.7. The summed E-state index contributed by atoms with van der Waals surface area (Å²) in [7, 11) is 0. The van der Waals surface area contributed by atoms with Gasteiger partial charge in [0.15, 0.2) is 0 Å². The first-order valence-electron chi connectivity index (χ1n) is 9.59. The minimum Gasteiger partial charge on any atom is -0.478 e. The minimum absolute atomic E-state index is 0.0768. The number of hydrogen-bond acceptors (Lipinski definition) is 5.